The predicted molar refractivity (Wildman–Crippen MR) is 109 cm³/mol. The summed E-state index contributed by atoms with van der Waals surface area (Å²) in [5.41, 5.74) is 2.49. The molecule has 0 saturated heterocycles. The van der Waals surface area contributed by atoms with Crippen LogP contribution in [0.5, 0.6) is 0 Å². The molecule has 4 aromatic rings. The summed E-state index contributed by atoms with van der Waals surface area (Å²) in [7, 11) is 0. The van der Waals surface area contributed by atoms with Crippen molar-refractivity contribution in [1.29, 1.82) is 0 Å². The minimum atomic E-state index is -0.203. The Labute approximate surface area is 173 Å². The van der Waals surface area contributed by atoms with Crippen LogP contribution >= 0.6 is 34.7 Å². The SMILES string of the molecule is O=C(CSc1nnc(-c2ccncc2)o1)Nc1nc(-c2ccc(Cl)cc2)cs1. The summed E-state index contributed by atoms with van der Waals surface area (Å²) in [6.45, 7) is 0. The molecule has 0 bridgehead atoms. The molecule has 10 heteroatoms. The van der Waals surface area contributed by atoms with Gasteiger partial charge >= 0.3 is 0 Å². The summed E-state index contributed by atoms with van der Waals surface area (Å²) in [5, 5.41) is 14.1. The number of rotatable bonds is 6. The number of thiazole rings is 1. The van der Waals surface area contributed by atoms with Gasteiger partial charge in [-0.3, -0.25) is 9.78 Å². The normalized spacial score (nSPS) is 10.8. The number of halogens is 1. The van der Waals surface area contributed by atoms with Crippen molar-refractivity contribution in [2.24, 2.45) is 0 Å². The van der Waals surface area contributed by atoms with Crippen molar-refractivity contribution in [3.63, 3.8) is 0 Å². The fourth-order valence-corrected chi connectivity index (χ4v) is 3.67. The lowest BCUT2D eigenvalue weighted by Crippen LogP contribution is -2.13. The van der Waals surface area contributed by atoms with Crippen molar-refractivity contribution in [3.05, 3.63) is 59.2 Å². The molecule has 0 spiro atoms. The highest BCUT2D eigenvalue weighted by Gasteiger charge is 2.13. The van der Waals surface area contributed by atoms with E-state index < -0.39 is 0 Å². The Morgan fingerprint density at radius 2 is 1.89 bits per heavy atom. The first-order chi connectivity index (χ1) is 13.7. The van der Waals surface area contributed by atoms with Crippen LogP contribution in [0.2, 0.25) is 5.02 Å². The highest BCUT2D eigenvalue weighted by molar-refractivity contribution is 7.99. The zero-order chi connectivity index (χ0) is 19.3. The van der Waals surface area contributed by atoms with Crippen LogP contribution in [-0.4, -0.2) is 31.8 Å². The number of aromatic nitrogens is 4. The maximum atomic E-state index is 12.2. The number of pyridine rings is 1. The van der Waals surface area contributed by atoms with Crippen molar-refractivity contribution in [2.75, 3.05) is 11.1 Å². The van der Waals surface area contributed by atoms with Gasteiger partial charge in [0.1, 0.15) is 0 Å². The molecular formula is C18H12ClN5O2S2. The van der Waals surface area contributed by atoms with Gasteiger partial charge in [0.05, 0.1) is 11.4 Å². The lowest BCUT2D eigenvalue weighted by molar-refractivity contribution is -0.113. The third kappa shape index (κ3) is 4.56. The highest BCUT2D eigenvalue weighted by Crippen LogP contribution is 2.27. The van der Waals surface area contributed by atoms with Crippen molar-refractivity contribution >= 4 is 45.7 Å². The topological polar surface area (TPSA) is 93.8 Å². The molecule has 28 heavy (non-hydrogen) atoms. The molecule has 0 unspecified atom stereocenters. The molecule has 1 aromatic carbocycles. The molecule has 1 N–H and O–H groups in total. The lowest BCUT2D eigenvalue weighted by atomic mass is 10.2. The second kappa shape index (κ2) is 8.51. The molecule has 0 aliphatic carbocycles. The smallest absolute Gasteiger partial charge is 0.277 e. The number of nitrogens with zero attached hydrogens (tertiary/aromatic N) is 4. The maximum Gasteiger partial charge on any atom is 0.277 e. The van der Waals surface area contributed by atoms with Gasteiger partial charge < -0.3 is 9.73 Å². The molecule has 140 valence electrons. The van der Waals surface area contributed by atoms with Gasteiger partial charge in [-0.05, 0) is 24.3 Å². The highest BCUT2D eigenvalue weighted by atomic mass is 35.5. The van der Waals surface area contributed by atoms with Crippen LogP contribution < -0.4 is 5.32 Å². The van der Waals surface area contributed by atoms with E-state index in [-0.39, 0.29) is 11.7 Å². The fraction of sp³-hybridized carbons (Fsp3) is 0.0556. The second-order valence-electron chi connectivity index (χ2n) is 5.49. The Bertz CT molecular complexity index is 1080. The van der Waals surface area contributed by atoms with Crippen molar-refractivity contribution < 1.29 is 9.21 Å². The predicted octanol–water partition coefficient (Wildman–Crippen LogP) is 4.64. The standard InChI is InChI=1S/C18H12ClN5O2S2/c19-13-3-1-11(2-4-13)14-9-27-17(21-14)22-15(25)10-28-18-24-23-16(26-18)12-5-7-20-8-6-12/h1-9H,10H2,(H,21,22,25). The Morgan fingerprint density at radius 3 is 2.68 bits per heavy atom. The van der Waals surface area contributed by atoms with E-state index in [1.807, 2.05) is 17.5 Å². The molecule has 0 radical (unpaired) electrons. The average Bonchev–Trinajstić information content (AvgIpc) is 3.37. The van der Waals surface area contributed by atoms with Crippen molar-refractivity contribution in [2.45, 2.75) is 5.22 Å². The second-order valence-corrected chi connectivity index (χ2v) is 7.71. The summed E-state index contributed by atoms with van der Waals surface area (Å²) >= 11 is 8.42. The molecule has 0 aliphatic heterocycles. The summed E-state index contributed by atoms with van der Waals surface area (Å²) in [6.07, 6.45) is 3.29. The number of benzene rings is 1. The third-order valence-electron chi connectivity index (χ3n) is 3.55. The monoisotopic (exact) mass is 429 g/mol. The molecule has 0 saturated carbocycles. The molecular weight excluding hydrogens is 418 g/mol. The van der Waals surface area contributed by atoms with E-state index in [9.17, 15) is 4.79 Å². The summed E-state index contributed by atoms with van der Waals surface area (Å²) in [4.78, 5) is 20.5. The van der Waals surface area contributed by atoms with Crippen molar-refractivity contribution in [1.82, 2.24) is 20.2 Å². The Kier molecular flexibility index (Phi) is 5.65. The quantitative estimate of drug-likeness (QED) is 0.446. The van der Waals surface area contributed by atoms with Gasteiger partial charge in [0.15, 0.2) is 5.13 Å². The van der Waals surface area contributed by atoms with Crippen LogP contribution in [0.3, 0.4) is 0 Å². The van der Waals surface area contributed by atoms with E-state index in [0.29, 0.717) is 21.3 Å². The number of hydrogen-bond acceptors (Lipinski definition) is 8. The molecule has 3 heterocycles. The van der Waals surface area contributed by atoms with Gasteiger partial charge in [-0.1, -0.05) is 35.5 Å². The van der Waals surface area contributed by atoms with Crippen LogP contribution in [0.15, 0.2) is 63.8 Å². The summed E-state index contributed by atoms with van der Waals surface area (Å²) < 4.78 is 5.55. The number of thioether (sulfide) groups is 1. The van der Waals surface area contributed by atoms with Gasteiger partial charge in [-0.25, -0.2) is 4.98 Å². The minimum Gasteiger partial charge on any atom is -0.411 e. The van der Waals surface area contributed by atoms with E-state index in [1.165, 1.54) is 11.3 Å². The van der Waals surface area contributed by atoms with Crippen molar-refractivity contribution in [3.8, 4) is 22.7 Å². The van der Waals surface area contributed by atoms with Gasteiger partial charge in [-0.15, -0.1) is 21.5 Å². The third-order valence-corrected chi connectivity index (χ3v) is 5.38. The molecule has 0 fully saturated rings. The Balaban J connectivity index is 1.33. The molecule has 1 amide bonds. The molecule has 4 rings (SSSR count). The van der Waals surface area contributed by atoms with Crippen LogP contribution in [-0.2, 0) is 4.79 Å². The Hall–Kier alpha value is -2.75. The van der Waals surface area contributed by atoms with Crippen LogP contribution in [0, 0.1) is 0 Å². The zero-order valence-electron chi connectivity index (χ0n) is 14.2. The van der Waals surface area contributed by atoms with Gasteiger partial charge in [-0.2, -0.15) is 0 Å². The van der Waals surface area contributed by atoms with Gasteiger partial charge in [0.25, 0.3) is 5.22 Å². The number of hydrogen-bond donors (Lipinski definition) is 1. The molecule has 3 aromatic heterocycles. The molecule has 7 nitrogen and oxygen atoms in total. The number of carbonyl (C=O) groups excluding carboxylic acids is 1. The number of nitrogens with one attached hydrogen (secondary N) is 1. The zero-order valence-corrected chi connectivity index (χ0v) is 16.6. The number of amides is 1. The lowest BCUT2D eigenvalue weighted by Gasteiger charge is -1.99. The first kappa shape index (κ1) is 18.6. The first-order valence-electron chi connectivity index (χ1n) is 8.05. The molecule has 0 aliphatic rings. The number of carbonyl (C=O) groups is 1. The minimum absolute atomic E-state index is 0.133. The summed E-state index contributed by atoms with van der Waals surface area (Å²) in [5.74, 6) is 0.317. The van der Waals surface area contributed by atoms with Gasteiger partial charge in [0, 0.05) is 33.9 Å². The Morgan fingerprint density at radius 1 is 1.11 bits per heavy atom. The first-order valence-corrected chi connectivity index (χ1v) is 10.3. The van der Waals surface area contributed by atoms with Crippen LogP contribution in [0.1, 0.15) is 0 Å². The number of anilines is 1. The average molecular weight is 430 g/mol. The van der Waals surface area contributed by atoms with Gasteiger partial charge in [0.2, 0.25) is 11.8 Å². The maximum absolute atomic E-state index is 12.2. The van der Waals surface area contributed by atoms with E-state index >= 15 is 0 Å². The van der Waals surface area contributed by atoms with Crippen LogP contribution in [0.25, 0.3) is 22.7 Å². The van der Waals surface area contributed by atoms with E-state index in [4.69, 9.17) is 16.0 Å². The van der Waals surface area contributed by atoms with E-state index in [2.05, 4.69) is 25.5 Å². The summed E-state index contributed by atoms with van der Waals surface area (Å²) in [6, 6.07) is 10.9. The van der Waals surface area contributed by atoms with E-state index in [0.717, 1.165) is 28.6 Å². The van der Waals surface area contributed by atoms with Crippen LogP contribution in [0.4, 0.5) is 5.13 Å². The fourth-order valence-electron chi connectivity index (χ4n) is 2.25. The van der Waals surface area contributed by atoms with E-state index in [1.54, 1.807) is 36.7 Å². The molecule has 0 atom stereocenters. The largest absolute Gasteiger partial charge is 0.411 e.